The highest BCUT2D eigenvalue weighted by molar-refractivity contribution is 6.07. The lowest BCUT2D eigenvalue weighted by Gasteiger charge is -2.21. The quantitative estimate of drug-likeness (QED) is 0.529. The van der Waals surface area contributed by atoms with E-state index in [1.54, 1.807) is 0 Å². The number of aromatic nitrogens is 1. The first-order chi connectivity index (χ1) is 14.6. The van der Waals surface area contributed by atoms with Crippen molar-refractivity contribution in [2.24, 2.45) is 0 Å². The van der Waals surface area contributed by atoms with Crippen LogP contribution in [0.15, 0.2) is 48.5 Å². The van der Waals surface area contributed by atoms with Gasteiger partial charge < -0.3 is 10.6 Å². The molecule has 0 bridgehead atoms. The number of hydrogen-bond donors (Lipinski definition) is 2. The topological polar surface area (TPSA) is 54.0 Å². The lowest BCUT2D eigenvalue weighted by molar-refractivity contribution is 0.0932. The van der Waals surface area contributed by atoms with Crippen LogP contribution in [0.1, 0.15) is 66.4 Å². The smallest absolute Gasteiger partial charge is 0.252 e. The zero-order valence-corrected chi connectivity index (χ0v) is 18.0. The van der Waals surface area contributed by atoms with Gasteiger partial charge in [-0.25, -0.2) is 4.98 Å². The Morgan fingerprint density at radius 2 is 1.63 bits per heavy atom. The van der Waals surface area contributed by atoms with Gasteiger partial charge in [-0.1, -0.05) is 56.4 Å². The van der Waals surface area contributed by atoms with E-state index in [0.717, 1.165) is 29.4 Å². The third-order valence-electron chi connectivity index (χ3n) is 6.18. The molecule has 1 saturated carbocycles. The van der Waals surface area contributed by atoms with Crippen LogP contribution in [0.3, 0.4) is 0 Å². The first-order valence-electron chi connectivity index (χ1n) is 11.1. The van der Waals surface area contributed by atoms with Crippen molar-refractivity contribution in [3.8, 4) is 0 Å². The highest BCUT2D eigenvalue weighted by Gasteiger charge is 2.18. The molecule has 0 atom stereocenters. The molecule has 4 rings (SSSR count). The lowest BCUT2D eigenvalue weighted by atomic mass is 9.96. The van der Waals surface area contributed by atoms with Crippen LogP contribution in [0.5, 0.6) is 0 Å². The summed E-state index contributed by atoms with van der Waals surface area (Å²) in [5.41, 5.74) is 4.98. The molecule has 3 aromatic rings. The fraction of sp³-hybridized carbons (Fsp3) is 0.385. The van der Waals surface area contributed by atoms with Gasteiger partial charge in [0.2, 0.25) is 0 Å². The Morgan fingerprint density at radius 1 is 0.900 bits per heavy atom. The number of amides is 1. The minimum Gasteiger partial charge on any atom is -0.349 e. The molecule has 0 aliphatic heterocycles. The summed E-state index contributed by atoms with van der Waals surface area (Å²) in [6, 6.07) is 16.3. The molecule has 30 heavy (non-hydrogen) atoms. The number of carbonyl (C=O) groups excluding carboxylic acids is 1. The van der Waals surface area contributed by atoms with Crippen molar-refractivity contribution in [3.63, 3.8) is 0 Å². The van der Waals surface area contributed by atoms with Crippen molar-refractivity contribution in [3.05, 3.63) is 65.2 Å². The molecule has 0 unspecified atom stereocenters. The van der Waals surface area contributed by atoms with Crippen molar-refractivity contribution in [2.75, 3.05) is 5.32 Å². The van der Waals surface area contributed by atoms with E-state index in [4.69, 9.17) is 4.98 Å². The minimum atomic E-state index is 0.00214. The van der Waals surface area contributed by atoms with E-state index in [0.29, 0.717) is 11.4 Å². The molecule has 2 aromatic carbocycles. The average Bonchev–Trinajstić information content (AvgIpc) is 2.72. The summed E-state index contributed by atoms with van der Waals surface area (Å²) in [4.78, 5) is 18.0. The fourth-order valence-corrected chi connectivity index (χ4v) is 4.26. The molecule has 4 heteroatoms. The average molecular weight is 402 g/mol. The number of nitrogens with one attached hydrogen (secondary N) is 2. The Kier molecular flexibility index (Phi) is 6.32. The van der Waals surface area contributed by atoms with Gasteiger partial charge in [0.05, 0.1) is 11.1 Å². The van der Waals surface area contributed by atoms with Crippen LogP contribution < -0.4 is 10.6 Å². The second kappa shape index (κ2) is 9.29. The van der Waals surface area contributed by atoms with E-state index in [2.05, 4.69) is 36.6 Å². The van der Waals surface area contributed by atoms with E-state index >= 15 is 0 Å². The van der Waals surface area contributed by atoms with Gasteiger partial charge in [-0.3, -0.25) is 4.79 Å². The maximum absolute atomic E-state index is 13.3. The Hall–Kier alpha value is -2.88. The molecular formula is C26H31N3O. The summed E-state index contributed by atoms with van der Waals surface area (Å²) in [6.45, 7) is 4.20. The number of anilines is 2. The van der Waals surface area contributed by atoms with Gasteiger partial charge >= 0.3 is 0 Å². The van der Waals surface area contributed by atoms with Crippen molar-refractivity contribution in [2.45, 2.75) is 64.8 Å². The summed E-state index contributed by atoms with van der Waals surface area (Å²) in [7, 11) is 0. The largest absolute Gasteiger partial charge is 0.349 e. The molecule has 2 N–H and O–H groups in total. The van der Waals surface area contributed by atoms with E-state index in [1.165, 1.54) is 43.2 Å². The molecule has 156 valence electrons. The number of rotatable bonds is 4. The van der Waals surface area contributed by atoms with Crippen LogP contribution in [0, 0.1) is 13.8 Å². The van der Waals surface area contributed by atoms with Crippen molar-refractivity contribution in [1.82, 2.24) is 10.3 Å². The van der Waals surface area contributed by atoms with Gasteiger partial charge in [0, 0.05) is 17.1 Å². The normalized spacial score (nSPS) is 15.4. The summed E-state index contributed by atoms with van der Waals surface area (Å²) in [6.07, 6.45) is 8.40. The zero-order chi connectivity index (χ0) is 20.9. The Balaban J connectivity index is 1.62. The summed E-state index contributed by atoms with van der Waals surface area (Å²) in [5.74, 6) is 0.696. The lowest BCUT2D eigenvalue weighted by Crippen LogP contribution is -2.35. The van der Waals surface area contributed by atoms with Crippen LogP contribution in [-0.2, 0) is 0 Å². The molecule has 1 aliphatic rings. The summed E-state index contributed by atoms with van der Waals surface area (Å²) >= 11 is 0. The second-order valence-corrected chi connectivity index (χ2v) is 8.51. The molecule has 1 heterocycles. The molecule has 0 radical (unpaired) electrons. The van der Waals surface area contributed by atoms with E-state index in [1.807, 2.05) is 36.4 Å². The standard InChI is InChI=1S/C26H31N3O/c1-18-14-15-21(16-19(18)2)27-25-17-23(22-12-8-9-13-24(22)29-25)26(30)28-20-10-6-4-3-5-7-11-20/h8-9,12-17,20H,3-7,10-11H2,1-2H3,(H,27,29)(H,28,30). The number of hydrogen-bond acceptors (Lipinski definition) is 3. The van der Waals surface area contributed by atoms with Crippen LogP contribution in [0.2, 0.25) is 0 Å². The van der Waals surface area contributed by atoms with E-state index in [-0.39, 0.29) is 11.9 Å². The molecule has 1 amide bonds. The van der Waals surface area contributed by atoms with Gasteiger partial charge in [0.25, 0.3) is 5.91 Å². The van der Waals surface area contributed by atoms with Gasteiger partial charge in [0.1, 0.15) is 5.82 Å². The number of para-hydroxylation sites is 1. The number of carbonyl (C=O) groups is 1. The highest BCUT2D eigenvalue weighted by Crippen LogP contribution is 2.25. The fourth-order valence-electron chi connectivity index (χ4n) is 4.26. The number of aryl methyl sites for hydroxylation is 2. The van der Waals surface area contributed by atoms with Crippen LogP contribution in [0.25, 0.3) is 10.9 Å². The van der Waals surface area contributed by atoms with Crippen LogP contribution in [-0.4, -0.2) is 16.9 Å². The van der Waals surface area contributed by atoms with Gasteiger partial charge in [-0.15, -0.1) is 0 Å². The predicted molar refractivity (Wildman–Crippen MR) is 125 cm³/mol. The zero-order valence-electron chi connectivity index (χ0n) is 18.0. The first kappa shape index (κ1) is 20.4. The van der Waals surface area contributed by atoms with E-state index < -0.39 is 0 Å². The van der Waals surface area contributed by atoms with Crippen molar-refractivity contribution >= 4 is 28.3 Å². The number of benzene rings is 2. The Labute approximate surface area is 179 Å². The minimum absolute atomic E-state index is 0.00214. The van der Waals surface area contributed by atoms with Crippen LogP contribution in [0.4, 0.5) is 11.5 Å². The SMILES string of the molecule is Cc1ccc(Nc2cc(C(=O)NC3CCCCCCC3)c3ccccc3n2)cc1C. The number of pyridine rings is 1. The molecule has 0 saturated heterocycles. The second-order valence-electron chi connectivity index (χ2n) is 8.51. The maximum Gasteiger partial charge on any atom is 0.252 e. The molecule has 1 aromatic heterocycles. The third-order valence-corrected chi connectivity index (χ3v) is 6.18. The molecular weight excluding hydrogens is 370 g/mol. The molecule has 1 aliphatic carbocycles. The van der Waals surface area contributed by atoms with Gasteiger partial charge in [-0.05, 0) is 62.1 Å². The summed E-state index contributed by atoms with van der Waals surface area (Å²) < 4.78 is 0. The van der Waals surface area contributed by atoms with Crippen molar-refractivity contribution in [1.29, 1.82) is 0 Å². The Morgan fingerprint density at radius 3 is 2.40 bits per heavy atom. The molecule has 1 fully saturated rings. The molecule has 4 nitrogen and oxygen atoms in total. The predicted octanol–water partition coefficient (Wildman–Crippen LogP) is 6.44. The highest BCUT2D eigenvalue weighted by atomic mass is 16.1. The summed E-state index contributed by atoms with van der Waals surface area (Å²) in [5, 5.41) is 7.59. The number of nitrogens with zero attached hydrogens (tertiary/aromatic N) is 1. The van der Waals surface area contributed by atoms with Gasteiger partial charge in [-0.2, -0.15) is 0 Å². The van der Waals surface area contributed by atoms with E-state index in [9.17, 15) is 4.79 Å². The molecule has 0 spiro atoms. The van der Waals surface area contributed by atoms with Crippen LogP contribution >= 0.6 is 0 Å². The first-order valence-corrected chi connectivity index (χ1v) is 11.1. The van der Waals surface area contributed by atoms with Crippen molar-refractivity contribution < 1.29 is 4.79 Å². The monoisotopic (exact) mass is 401 g/mol. The third kappa shape index (κ3) is 4.81. The Bertz CT molecular complexity index is 1040. The maximum atomic E-state index is 13.3. The number of fused-ring (bicyclic) bond motifs is 1. The van der Waals surface area contributed by atoms with Gasteiger partial charge in [0.15, 0.2) is 0 Å².